The van der Waals surface area contributed by atoms with Crippen molar-refractivity contribution in [3.8, 4) is 17.2 Å². The normalized spacial score (nSPS) is 20.2. The van der Waals surface area contributed by atoms with Gasteiger partial charge in [0.05, 0.1) is 25.3 Å². The van der Waals surface area contributed by atoms with Gasteiger partial charge in [-0.05, 0) is 42.9 Å². The third-order valence-electron chi connectivity index (χ3n) is 5.64. The van der Waals surface area contributed by atoms with E-state index in [9.17, 15) is 20.0 Å². The first kappa shape index (κ1) is 22.5. The van der Waals surface area contributed by atoms with E-state index in [2.05, 4.69) is 6.07 Å². The zero-order valence-corrected chi connectivity index (χ0v) is 18.3. The largest absolute Gasteiger partial charge is 0.394 e. The fourth-order valence-electron chi connectivity index (χ4n) is 4.18. The van der Waals surface area contributed by atoms with Crippen LogP contribution in [-0.4, -0.2) is 85.0 Å². The number of nitriles is 1. The van der Waals surface area contributed by atoms with Crippen molar-refractivity contribution in [2.45, 2.75) is 18.0 Å². The van der Waals surface area contributed by atoms with E-state index in [1.807, 2.05) is 36.4 Å². The Kier molecular flexibility index (Phi) is 6.74. The van der Waals surface area contributed by atoms with E-state index in [-0.39, 0.29) is 30.9 Å². The molecule has 2 aromatic carbocycles. The van der Waals surface area contributed by atoms with Crippen molar-refractivity contribution in [3.63, 3.8) is 0 Å². The summed E-state index contributed by atoms with van der Waals surface area (Å²) in [6.07, 6.45) is 0. The second-order valence-electron chi connectivity index (χ2n) is 8.25. The van der Waals surface area contributed by atoms with Crippen LogP contribution >= 0.6 is 0 Å². The van der Waals surface area contributed by atoms with Crippen LogP contribution in [0.15, 0.2) is 48.5 Å². The Hall–Kier alpha value is -3.21. The highest BCUT2D eigenvalue weighted by atomic mass is 16.3. The number of nitrogens with zero attached hydrogens (tertiary/aromatic N) is 4. The van der Waals surface area contributed by atoms with Crippen molar-refractivity contribution >= 4 is 11.8 Å². The lowest BCUT2D eigenvalue weighted by atomic mass is 9.73. The van der Waals surface area contributed by atoms with Gasteiger partial charge < -0.3 is 19.8 Å². The molecule has 7 nitrogen and oxygen atoms in total. The quantitative estimate of drug-likeness (QED) is 0.770. The number of benzene rings is 2. The van der Waals surface area contributed by atoms with Crippen LogP contribution in [0.2, 0.25) is 0 Å². The second-order valence-corrected chi connectivity index (χ2v) is 8.25. The fourth-order valence-corrected chi connectivity index (χ4v) is 4.18. The van der Waals surface area contributed by atoms with Crippen LogP contribution in [0.5, 0.6) is 0 Å². The fraction of sp³-hybridized carbons (Fsp3) is 0.375. The zero-order valence-electron chi connectivity index (χ0n) is 18.3. The molecule has 1 heterocycles. The smallest absolute Gasteiger partial charge is 0.253 e. The van der Waals surface area contributed by atoms with Crippen molar-refractivity contribution in [1.82, 2.24) is 14.7 Å². The number of amides is 2. The molecule has 7 heteroatoms. The minimum absolute atomic E-state index is 0.0706. The Morgan fingerprint density at radius 2 is 1.71 bits per heavy atom. The number of aliphatic hydroxyl groups excluding tert-OH is 1. The zero-order chi connectivity index (χ0) is 22.7. The molecule has 0 aromatic heterocycles. The predicted octanol–water partition coefficient (Wildman–Crippen LogP) is 1.80. The van der Waals surface area contributed by atoms with Gasteiger partial charge in [-0.15, -0.1) is 0 Å². The molecule has 2 amide bonds. The van der Waals surface area contributed by atoms with Crippen LogP contribution in [0.4, 0.5) is 0 Å². The summed E-state index contributed by atoms with van der Waals surface area (Å²) in [4.78, 5) is 29.6. The van der Waals surface area contributed by atoms with Crippen molar-refractivity contribution < 1.29 is 14.7 Å². The van der Waals surface area contributed by atoms with Gasteiger partial charge in [-0.3, -0.25) is 9.59 Å². The second kappa shape index (κ2) is 9.29. The average Bonchev–Trinajstić information content (AvgIpc) is 2.73. The minimum Gasteiger partial charge on any atom is -0.394 e. The monoisotopic (exact) mass is 420 g/mol. The summed E-state index contributed by atoms with van der Waals surface area (Å²) < 4.78 is 0. The van der Waals surface area contributed by atoms with Crippen molar-refractivity contribution in [1.29, 1.82) is 5.26 Å². The molecule has 0 spiro atoms. The molecular formula is C24H28N4O3. The molecule has 1 aliphatic heterocycles. The first-order valence-electron chi connectivity index (χ1n) is 10.2. The van der Waals surface area contributed by atoms with E-state index in [1.54, 1.807) is 45.2 Å². The Morgan fingerprint density at radius 3 is 2.26 bits per heavy atom. The van der Waals surface area contributed by atoms with E-state index >= 15 is 0 Å². The molecule has 0 aliphatic carbocycles. The van der Waals surface area contributed by atoms with Gasteiger partial charge in [0.2, 0.25) is 5.91 Å². The summed E-state index contributed by atoms with van der Waals surface area (Å²) in [5.41, 5.74) is 3.35. The van der Waals surface area contributed by atoms with Gasteiger partial charge in [-0.25, -0.2) is 0 Å². The lowest BCUT2D eigenvalue weighted by Gasteiger charge is -2.52. The Morgan fingerprint density at radius 1 is 1.06 bits per heavy atom. The highest BCUT2D eigenvalue weighted by Crippen LogP contribution is 2.44. The molecule has 0 unspecified atom stereocenters. The lowest BCUT2D eigenvalue weighted by Crippen LogP contribution is -2.66. The van der Waals surface area contributed by atoms with E-state index in [0.29, 0.717) is 5.56 Å². The molecule has 3 rings (SSSR count). The molecule has 1 N–H and O–H groups in total. The SMILES string of the molecule is CN(C)CC(=O)N1[C@@H](C#N)[C@@H](c2ccccc2-c2ccc(C(=O)N(C)C)cc2)[C@@H]1CO. The van der Waals surface area contributed by atoms with Gasteiger partial charge in [0.1, 0.15) is 6.04 Å². The van der Waals surface area contributed by atoms with E-state index < -0.39 is 12.1 Å². The number of likely N-dealkylation sites (N-methyl/N-ethyl adjacent to an activating group) is 1. The standard InChI is InChI=1S/C24H28N4O3/c1-26(2)14-22(30)28-20(13-25)23(21(28)15-29)19-8-6-5-7-18(19)16-9-11-17(12-10-16)24(31)27(3)4/h5-12,20-21,23,29H,14-15H2,1-4H3/t20-,21-,23+/m0/s1. The maximum absolute atomic E-state index is 12.6. The molecular weight excluding hydrogens is 392 g/mol. The molecule has 2 aromatic rings. The third kappa shape index (κ3) is 4.31. The van der Waals surface area contributed by atoms with Gasteiger partial charge in [0.25, 0.3) is 5.91 Å². The van der Waals surface area contributed by atoms with Gasteiger partial charge in [-0.1, -0.05) is 36.4 Å². The number of likely N-dealkylation sites (tertiary alicyclic amines) is 1. The van der Waals surface area contributed by atoms with E-state index in [4.69, 9.17) is 0 Å². The molecule has 162 valence electrons. The highest BCUT2D eigenvalue weighted by Gasteiger charge is 2.52. The number of hydrogen-bond acceptors (Lipinski definition) is 5. The third-order valence-corrected chi connectivity index (χ3v) is 5.64. The Balaban J connectivity index is 1.95. The van der Waals surface area contributed by atoms with Crippen LogP contribution in [-0.2, 0) is 4.79 Å². The Labute approximate surface area is 183 Å². The molecule has 1 saturated heterocycles. The molecule has 31 heavy (non-hydrogen) atoms. The van der Waals surface area contributed by atoms with Crippen LogP contribution < -0.4 is 0 Å². The average molecular weight is 421 g/mol. The van der Waals surface area contributed by atoms with Crippen LogP contribution in [0, 0.1) is 11.3 Å². The number of aliphatic hydroxyl groups is 1. The summed E-state index contributed by atoms with van der Waals surface area (Å²) in [5, 5.41) is 19.9. The minimum atomic E-state index is -0.639. The number of carbonyl (C=O) groups is 2. The van der Waals surface area contributed by atoms with Crippen LogP contribution in [0.25, 0.3) is 11.1 Å². The summed E-state index contributed by atoms with van der Waals surface area (Å²) in [6.45, 7) is -0.0307. The molecule has 0 saturated carbocycles. The summed E-state index contributed by atoms with van der Waals surface area (Å²) in [7, 11) is 7.01. The topological polar surface area (TPSA) is 87.9 Å². The number of carbonyl (C=O) groups excluding carboxylic acids is 2. The predicted molar refractivity (Wildman–Crippen MR) is 118 cm³/mol. The van der Waals surface area contributed by atoms with Gasteiger partial charge >= 0.3 is 0 Å². The molecule has 1 aliphatic rings. The van der Waals surface area contributed by atoms with Crippen LogP contribution in [0.3, 0.4) is 0 Å². The maximum Gasteiger partial charge on any atom is 0.253 e. The van der Waals surface area contributed by atoms with Crippen molar-refractivity contribution in [3.05, 3.63) is 59.7 Å². The highest BCUT2D eigenvalue weighted by molar-refractivity contribution is 5.94. The summed E-state index contributed by atoms with van der Waals surface area (Å²) in [6, 6.07) is 16.2. The van der Waals surface area contributed by atoms with E-state index in [0.717, 1.165) is 16.7 Å². The first-order valence-corrected chi connectivity index (χ1v) is 10.2. The number of rotatable bonds is 6. The van der Waals surface area contributed by atoms with Crippen molar-refractivity contribution in [2.75, 3.05) is 41.3 Å². The molecule has 1 fully saturated rings. The van der Waals surface area contributed by atoms with Gasteiger partial charge in [0.15, 0.2) is 0 Å². The summed E-state index contributed by atoms with van der Waals surface area (Å²) >= 11 is 0. The first-order chi connectivity index (χ1) is 14.8. The lowest BCUT2D eigenvalue weighted by molar-refractivity contribution is -0.147. The van der Waals surface area contributed by atoms with Crippen LogP contribution in [0.1, 0.15) is 21.8 Å². The number of hydrogen-bond donors (Lipinski definition) is 1. The molecule has 0 radical (unpaired) electrons. The van der Waals surface area contributed by atoms with E-state index in [1.165, 1.54) is 9.80 Å². The molecule has 0 bridgehead atoms. The maximum atomic E-state index is 12.6. The van der Waals surface area contributed by atoms with Crippen molar-refractivity contribution in [2.24, 2.45) is 0 Å². The molecule has 3 atom stereocenters. The Bertz CT molecular complexity index is 995. The van der Waals surface area contributed by atoms with Gasteiger partial charge in [-0.2, -0.15) is 5.26 Å². The summed E-state index contributed by atoms with van der Waals surface area (Å²) in [5.74, 6) is -0.532. The van der Waals surface area contributed by atoms with Gasteiger partial charge in [0, 0.05) is 25.6 Å².